The molecule has 4 aromatic rings. The van der Waals surface area contributed by atoms with E-state index in [-0.39, 0.29) is 12.0 Å². The molecule has 0 heterocycles. The van der Waals surface area contributed by atoms with Crippen LogP contribution in [0, 0.1) is 0 Å². The number of alkyl halides is 3. The molecule has 0 bridgehead atoms. The first-order chi connectivity index (χ1) is 25.2. The van der Waals surface area contributed by atoms with E-state index in [1.165, 1.54) is 44.6 Å². The second-order valence-corrected chi connectivity index (χ2v) is 13.2. The number of esters is 1. The number of unbranched alkanes of at least 4 members (excludes halogenated alkanes) is 10. The van der Waals surface area contributed by atoms with Gasteiger partial charge in [0.1, 0.15) is 5.75 Å². The van der Waals surface area contributed by atoms with Gasteiger partial charge in [0.2, 0.25) is 6.10 Å². The molecule has 0 saturated carbocycles. The third-order valence-corrected chi connectivity index (χ3v) is 9.07. The number of carbonyl (C=O) groups is 2. The number of rotatable bonds is 20. The van der Waals surface area contributed by atoms with Gasteiger partial charge in [0.05, 0.1) is 12.2 Å². The molecule has 0 radical (unpaired) electrons. The number of carbonyl (C=O) groups excluding carboxylic acids is 2. The summed E-state index contributed by atoms with van der Waals surface area (Å²) in [6.07, 6.45) is 2.98. The maximum Gasteiger partial charge on any atom is 0.517 e. The Hall–Kier alpha value is -4.59. The molecule has 0 aliphatic heterocycles. The first kappa shape index (κ1) is 40.2. The molecule has 278 valence electrons. The van der Waals surface area contributed by atoms with Gasteiger partial charge in [-0.05, 0) is 76.9 Å². The second kappa shape index (κ2) is 21.1. The first-order valence-corrected chi connectivity index (χ1v) is 18.7. The van der Waals surface area contributed by atoms with Crippen molar-refractivity contribution in [1.82, 2.24) is 0 Å². The molecule has 1 atom stereocenters. The predicted octanol–water partition coefficient (Wildman–Crippen LogP) is 13.4. The van der Waals surface area contributed by atoms with Gasteiger partial charge in [-0.1, -0.05) is 151 Å². The van der Waals surface area contributed by atoms with Crippen molar-refractivity contribution in [2.45, 2.75) is 110 Å². The van der Waals surface area contributed by atoms with Crippen LogP contribution in [0.4, 0.5) is 18.0 Å². The third-order valence-electron chi connectivity index (χ3n) is 9.07. The van der Waals surface area contributed by atoms with E-state index in [2.05, 4.69) is 17.7 Å². The number of hydrogen-bond acceptors (Lipinski definition) is 5. The minimum absolute atomic E-state index is 0.00138. The molecule has 4 rings (SSSR count). The lowest BCUT2D eigenvalue weighted by atomic mass is 9.89. The van der Waals surface area contributed by atoms with Crippen LogP contribution in [-0.4, -0.2) is 31.0 Å². The van der Waals surface area contributed by atoms with E-state index in [0.717, 1.165) is 59.3 Å². The average molecular weight is 717 g/mol. The fourth-order valence-electron chi connectivity index (χ4n) is 6.24. The maximum absolute atomic E-state index is 13.6. The first-order valence-electron chi connectivity index (χ1n) is 18.7. The monoisotopic (exact) mass is 716 g/mol. The second-order valence-electron chi connectivity index (χ2n) is 13.2. The van der Waals surface area contributed by atoms with Gasteiger partial charge >= 0.3 is 18.3 Å². The molecule has 5 nitrogen and oxygen atoms in total. The SMILES string of the molecule is CCCCCCCCCCOc1ccc(-c2ccccc2)c(-c2ccccc2-c2cccc(C(=O)OC(=O)OC(CCCCCC)C(F)(F)F)c2)c1. The zero-order chi connectivity index (χ0) is 37.2. The Labute approximate surface area is 306 Å². The molecule has 0 aliphatic carbocycles. The normalized spacial score (nSPS) is 11.9. The molecule has 0 aliphatic rings. The van der Waals surface area contributed by atoms with Crippen LogP contribution in [0.2, 0.25) is 0 Å². The zero-order valence-electron chi connectivity index (χ0n) is 30.4. The van der Waals surface area contributed by atoms with Crippen molar-refractivity contribution < 1.29 is 37.0 Å². The van der Waals surface area contributed by atoms with Crippen molar-refractivity contribution in [2.24, 2.45) is 0 Å². The van der Waals surface area contributed by atoms with Crippen LogP contribution in [-0.2, 0) is 9.47 Å². The highest BCUT2D eigenvalue weighted by Crippen LogP contribution is 2.40. The highest BCUT2D eigenvalue weighted by atomic mass is 19.4. The smallest absolute Gasteiger partial charge is 0.494 e. The summed E-state index contributed by atoms with van der Waals surface area (Å²) in [4.78, 5) is 25.4. The topological polar surface area (TPSA) is 61.8 Å². The number of hydrogen-bond donors (Lipinski definition) is 0. The van der Waals surface area contributed by atoms with Crippen LogP contribution in [0.5, 0.6) is 5.75 Å². The van der Waals surface area contributed by atoms with Crippen molar-refractivity contribution in [2.75, 3.05) is 6.61 Å². The van der Waals surface area contributed by atoms with E-state index in [4.69, 9.17) is 9.47 Å². The number of benzene rings is 4. The summed E-state index contributed by atoms with van der Waals surface area (Å²) in [6.45, 7) is 4.80. The Morgan fingerprint density at radius 3 is 1.88 bits per heavy atom. The fourth-order valence-corrected chi connectivity index (χ4v) is 6.24. The van der Waals surface area contributed by atoms with Gasteiger partial charge in [-0.15, -0.1) is 0 Å². The molecule has 1 unspecified atom stereocenters. The van der Waals surface area contributed by atoms with Gasteiger partial charge < -0.3 is 14.2 Å². The maximum atomic E-state index is 13.6. The van der Waals surface area contributed by atoms with E-state index in [1.807, 2.05) is 79.7 Å². The summed E-state index contributed by atoms with van der Waals surface area (Å²) in [5, 5.41) is 0. The highest BCUT2D eigenvalue weighted by Gasteiger charge is 2.43. The Balaban J connectivity index is 1.53. The minimum Gasteiger partial charge on any atom is -0.494 e. The molecule has 0 N–H and O–H groups in total. The van der Waals surface area contributed by atoms with Crippen LogP contribution < -0.4 is 4.74 Å². The van der Waals surface area contributed by atoms with Gasteiger partial charge in [-0.2, -0.15) is 13.2 Å². The van der Waals surface area contributed by atoms with Gasteiger partial charge in [0.25, 0.3) is 0 Å². The summed E-state index contributed by atoms with van der Waals surface area (Å²) in [5.74, 6) is -0.344. The van der Waals surface area contributed by atoms with Gasteiger partial charge in [-0.3, -0.25) is 0 Å². The fraction of sp³-hybridized carbons (Fsp3) is 0.409. The summed E-state index contributed by atoms with van der Waals surface area (Å²) in [5.41, 5.74) is 5.32. The molecule has 0 spiro atoms. The molecular formula is C44H51F3O5. The lowest BCUT2D eigenvalue weighted by molar-refractivity contribution is -0.209. The minimum atomic E-state index is -4.77. The summed E-state index contributed by atoms with van der Waals surface area (Å²) in [7, 11) is 0. The summed E-state index contributed by atoms with van der Waals surface area (Å²) in [6, 6.07) is 30.4. The molecule has 0 fully saturated rings. The van der Waals surface area contributed by atoms with E-state index < -0.39 is 30.8 Å². The summed E-state index contributed by atoms with van der Waals surface area (Å²) >= 11 is 0. The van der Waals surface area contributed by atoms with Crippen LogP contribution in [0.15, 0.2) is 97.1 Å². The highest BCUT2D eigenvalue weighted by molar-refractivity contribution is 5.98. The average Bonchev–Trinajstić information content (AvgIpc) is 3.15. The predicted molar refractivity (Wildman–Crippen MR) is 201 cm³/mol. The molecule has 4 aromatic carbocycles. The van der Waals surface area contributed by atoms with Crippen molar-refractivity contribution in [1.29, 1.82) is 0 Å². The molecule has 52 heavy (non-hydrogen) atoms. The van der Waals surface area contributed by atoms with Crippen molar-refractivity contribution in [3.05, 3.63) is 103 Å². The van der Waals surface area contributed by atoms with Gasteiger partial charge in [0.15, 0.2) is 0 Å². The van der Waals surface area contributed by atoms with Crippen molar-refractivity contribution in [3.8, 4) is 39.1 Å². The van der Waals surface area contributed by atoms with E-state index in [0.29, 0.717) is 18.6 Å². The van der Waals surface area contributed by atoms with Crippen molar-refractivity contribution in [3.63, 3.8) is 0 Å². The Morgan fingerprint density at radius 2 is 1.19 bits per heavy atom. The largest absolute Gasteiger partial charge is 0.517 e. The van der Waals surface area contributed by atoms with Gasteiger partial charge in [0, 0.05) is 0 Å². The molecule has 0 amide bonds. The van der Waals surface area contributed by atoms with E-state index in [1.54, 1.807) is 12.1 Å². The van der Waals surface area contributed by atoms with Crippen LogP contribution in [0.1, 0.15) is 108 Å². The molecule has 0 aromatic heterocycles. The van der Waals surface area contributed by atoms with Gasteiger partial charge in [-0.25, -0.2) is 9.59 Å². The molecule has 8 heteroatoms. The quantitative estimate of drug-likeness (QED) is 0.0518. The standard InChI is InChI=1S/C44H51F3O5/c1-3-5-7-9-10-11-12-19-30-50-36-28-29-38(33-21-14-13-15-22-33)40(32-36)39-26-18-17-25-37(39)34-23-20-24-35(31-34)42(48)52-43(49)51-41(44(45,46)47)27-16-8-6-4-2/h13-15,17-18,20-26,28-29,31-32,41H,3-12,16,19,27,30H2,1-2H3. The lowest BCUT2D eigenvalue weighted by Crippen LogP contribution is -2.34. The summed E-state index contributed by atoms with van der Waals surface area (Å²) < 4.78 is 56.3. The Bertz CT molecular complexity index is 1690. The number of ether oxygens (including phenoxy) is 3. The third kappa shape index (κ3) is 12.6. The Kier molecular flexibility index (Phi) is 16.3. The Morgan fingerprint density at radius 1 is 0.596 bits per heavy atom. The zero-order valence-corrected chi connectivity index (χ0v) is 30.4. The van der Waals surface area contributed by atoms with Crippen LogP contribution in [0.25, 0.3) is 33.4 Å². The molecular weight excluding hydrogens is 665 g/mol. The van der Waals surface area contributed by atoms with Crippen molar-refractivity contribution >= 4 is 12.1 Å². The van der Waals surface area contributed by atoms with E-state index in [9.17, 15) is 22.8 Å². The lowest BCUT2D eigenvalue weighted by Gasteiger charge is -2.20. The van der Waals surface area contributed by atoms with Crippen LogP contribution in [0.3, 0.4) is 0 Å². The molecule has 0 saturated heterocycles. The number of halogens is 3. The van der Waals surface area contributed by atoms with Crippen LogP contribution >= 0.6 is 0 Å². The van der Waals surface area contributed by atoms with E-state index >= 15 is 0 Å².